The van der Waals surface area contributed by atoms with Crippen LogP contribution in [0.5, 0.6) is 0 Å². The van der Waals surface area contributed by atoms with Crippen molar-refractivity contribution in [3.05, 3.63) is 17.5 Å². The SMILES string of the molecule is CCCCN(C)C(=O)Nc1cc(C)[nH]c1C(=O)O. The van der Waals surface area contributed by atoms with Crippen molar-refractivity contribution in [1.82, 2.24) is 9.88 Å². The highest BCUT2D eigenvalue weighted by Gasteiger charge is 2.16. The molecule has 0 fully saturated rings. The highest BCUT2D eigenvalue weighted by molar-refractivity contribution is 5.99. The zero-order valence-electron chi connectivity index (χ0n) is 10.9. The third-order valence-electron chi connectivity index (χ3n) is 2.60. The van der Waals surface area contributed by atoms with Gasteiger partial charge in [-0.25, -0.2) is 9.59 Å². The molecule has 1 aromatic heterocycles. The fourth-order valence-electron chi connectivity index (χ4n) is 1.56. The molecule has 0 saturated heterocycles. The number of carboxylic acids is 1. The van der Waals surface area contributed by atoms with Crippen LogP contribution in [-0.2, 0) is 0 Å². The number of nitrogens with one attached hydrogen (secondary N) is 2. The normalized spacial score (nSPS) is 10.2. The monoisotopic (exact) mass is 253 g/mol. The molecule has 0 aliphatic carbocycles. The van der Waals surface area contributed by atoms with Crippen LogP contribution in [0.1, 0.15) is 35.9 Å². The first-order valence-corrected chi connectivity index (χ1v) is 5.90. The summed E-state index contributed by atoms with van der Waals surface area (Å²) in [6.45, 7) is 4.43. The first-order chi connectivity index (χ1) is 8.45. The number of unbranched alkanes of at least 4 members (excludes halogenated alkanes) is 1. The van der Waals surface area contributed by atoms with E-state index in [0.717, 1.165) is 12.8 Å². The number of H-pyrrole nitrogens is 1. The van der Waals surface area contributed by atoms with Crippen molar-refractivity contribution >= 4 is 17.7 Å². The molecule has 0 aliphatic heterocycles. The summed E-state index contributed by atoms with van der Waals surface area (Å²) in [5.41, 5.74) is 0.997. The summed E-state index contributed by atoms with van der Waals surface area (Å²) in [5.74, 6) is -1.09. The third-order valence-corrected chi connectivity index (χ3v) is 2.60. The number of amides is 2. The van der Waals surface area contributed by atoms with Gasteiger partial charge < -0.3 is 20.3 Å². The maximum Gasteiger partial charge on any atom is 0.354 e. The van der Waals surface area contributed by atoms with Gasteiger partial charge >= 0.3 is 12.0 Å². The highest BCUT2D eigenvalue weighted by atomic mass is 16.4. The number of anilines is 1. The van der Waals surface area contributed by atoms with E-state index in [2.05, 4.69) is 10.3 Å². The topological polar surface area (TPSA) is 85.4 Å². The van der Waals surface area contributed by atoms with Crippen LogP contribution in [0.15, 0.2) is 6.07 Å². The number of aromatic carboxylic acids is 1. The molecule has 1 heterocycles. The molecule has 0 bridgehead atoms. The van der Waals surface area contributed by atoms with Crippen molar-refractivity contribution in [2.75, 3.05) is 18.9 Å². The van der Waals surface area contributed by atoms with Gasteiger partial charge in [-0.1, -0.05) is 13.3 Å². The molecule has 0 saturated carbocycles. The number of urea groups is 1. The third kappa shape index (κ3) is 3.51. The summed E-state index contributed by atoms with van der Waals surface area (Å²) >= 11 is 0. The van der Waals surface area contributed by atoms with Crippen LogP contribution in [-0.4, -0.2) is 40.6 Å². The summed E-state index contributed by atoms with van der Waals surface area (Å²) in [7, 11) is 1.69. The van der Waals surface area contributed by atoms with Crippen LogP contribution in [0.4, 0.5) is 10.5 Å². The fraction of sp³-hybridized carbons (Fsp3) is 0.500. The Labute approximate surface area is 106 Å². The van der Waals surface area contributed by atoms with Crippen molar-refractivity contribution in [1.29, 1.82) is 0 Å². The van der Waals surface area contributed by atoms with Crippen LogP contribution < -0.4 is 5.32 Å². The first kappa shape index (κ1) is 14.1. The van der Waals surface area contributed by atoms with E-state index in [4.69, 9.17) is 5.11 Å². The Bertz CT molecular complexity index is 440. The number of hydrogen-bond acceptors (Lipinski definition) is 2. The van der Waals surface area contributed by atoms with E-state index >= 15 is 0 Å². The lowest BCUT2D eigenvalue weighted by Gasteiger charge is -2.17. The Morgan fingerprint density at radius 3 is 2.72 bits per heavy atom. The van der Waals surface area contributed by atoms with E-state index in [-0.39, 0.29) is 11.7 Å². The Morgan fingerprint density at radius 2 is 2.17 bits per heavy atom. The number of aromatic amines is 1. The lowest BCUT2D eigenvalue weighted by molar-refractivity contribution is 0.0692. The summed E-state index contributed by atoms with van der Waals surface area (Å²) in [4.78, 5) is 27.0. The molecule has 6 nitrogen and oxygen atoms in total. The second-order valence-electron chi connectivity index (χ2n) is 4.25. The summed E-state index contributed by atoms with van der Waals surface area (Å²) in [5, 5.41) is 11.6. The van der Waals surface area contributed by atoms with Crippen molar-refractivity contribution < 1.29 is 14.7 Å². The van der Waals surface area contributed by atoms with Crippen LogP contribution in [0.2, 0.25) is 0 Å². The minimum Gasteiger partial charge on any atom is -0.477 e. The summed E-state index contributed by atoms with van der Waals surface area (Å²) in [6.07, 6.45) is 1.92. The van der Waals surface area contributed by atoms with E-state index in [1.807, 2.05) is 6.92 Å². The predicted octanol–water partition coefficient (Wildman–Crippen LogP) is 2.29. The Balaban J connectivity index is 2.72. The molecular weight excluding hydrogens is 234 g/mol. The molecule has 100 valence electrons. The minimum absolute atomic E-state index is 0.00439. The Kier molecular flexibility index (Phi) is 4.76. The van der Waals surface area contributed by atoms with Gasteiger partial charge in [-0.15, -0.1) is 0 Å². The number of carbonyl (C=O) groups is 2. The number of aromatic nitrogens is 1. The maximum absolute atomic E-state index is 11.8. The minimum atomic E-state index is -1.09. The fourth-order valence-corrected chi connectivity index (χ4v) is 1.56. The van der Waals surface area contributed by atoms with Gasteiger partial charge in [0.2, 0.25) is 0 Å². The quantitative estimate of drug-likeness (QED) is 0.752. The lowest BCUT2D eigenvalue weighted by atomic mass is 10.3. The van der Waals surface area contributed by atoms with E-state index in [1.54, 1.807) is 20.0 Å². The molecule has 18 heavy (non-hydrogen) atoms. The van der Waals surface area contributed by atoms with Gasteiger partial charge in [0.05, 0.1) is 5.69 Å². The Morgan fingerprint density at radius 1 is 1.50 bits per heavy atom. The zero-order valence-corrected chi connectivity index (χ0v) is 10.9. The zero-order chi connectivity index (χ0) is 13.7. The Hall–Kier alpha value is -1.98. The summed E-state index contributed by atoms with van der Waals surface area (Å²) < 4.78 is 0. The smallest absolute Gasteiger partial charge is 0.354 e. The van der Waals surface area contributed by atoms with E-state index in [1.165, 1.54) is 4.90 Å². The van der Waals surface area contributed by atoms with E-state index < -0.39 is 5.97 Å². The van der Waals surface area contributed by atoms with Crippen molar-refractivity contribution in [3.8, 4) is 0 Å². The molecule has 2 amide bonds. The van der Waals surface area contributed by atoms with Crippen molar-refractivity contribution in [2.45, 2.75) is 26.7 Å². The van der Waals surface area contributed by atoms with Crippen molar-refractivity contribution in [2.24, 2.45) is 0 Å². The van der Waals surface area contributed by atoms with Gasteiger partial charge in [-0.05, 0) is 19.4 Å². The predicted molar refractivity (Wildman–Crippen MR) is 69.0 cm³/mol. The average Bonchev–Trinajstić information content (AvgIpc) is 2.67. The van der Waals surface area contributed by atoms with Crippen LogP contribution >= 0.6 is 0 Å². The number of hydrogen-bond donors (Lipinski definition) is 3. The molecule has 0 radical (unpaired) electrons. The number of carbonyl (C=O) groups excluding carboxylic acids is 1. The summed E-state index contributed by atoms with van der Waals surface area (Å²) in [6, 6.07) is 1.31. The molecule has 0 aromatic carbocycles. The number of aryl methyl sites for hydroxylation is 1. The molecular formula is C12H19N3O3. The number of rotatable bonds is 5. The van der Waals surface area contributed by atoms with Gasteiger partial charge in [0.25, 0.3) is 0 Å². The van der Waals surface area contributed by atoms with Crippen molar-refractivity contribution in [3.63, 3.8) is 0 Å². The highest BCUT2D eigenvalue weighted by Crippen LogP contribution is 2.17. The second kappa shape index (κ2) is 6.09. The second-order valence-corrected chi connectivity index (χ2v) is 4.25. The van der Waals surface area contributed by atoms with Crippen LogP contribution in [0.25, 0.3) is 0 Å². The lowest BCUT2D eigenvalue weighted by Crippen LogP contribution is -2.32. The van der Waals surface area contributed by atoms with Crippen LogP contribution in [0, 0.1) is 6.92 Å². The van der Waals surface area contributed by atoms with Gasteiger partial charge in [0.1, 0.15) is 5.69 Å². The molecule has 3 N–H and O–H groups in total. The molecule has 1 rings (SSSR count). The number of nitrogens with zero attached hydrogens (tertiary/aromatic N) is 1. The maximum atomic E-state index is 11.8. The molecule has 1 aromatic rings. The van der Waals surface area contributed by atoms with Gasteiger partial charge in [-0.3, -0.25) is 0 Å². The van der Waals surface area contributed by atoms with Gasteiger partial charge in [0.15, 0.2) is 0 Å². The number of carboxylic acid groups (broad SMARTS) is 1. The molecule has 6 heteroatoms. The largest absolute Gasteiger partial charge is 0.477 e. The first-order valence-electron chi connectivity index (χ1n) is 5.90. The molecule has 0 spiro atoms. The van der Waals surface area contributed by atoms with Gasteiger partial charge in [0, 0.05) is 19.3 Å². The molecule has 0 aliphatic rings. The van der Waals surface area contributed by atoms with E-state index in [9.17, 15) is 9.59 Å². The standard InChI is InChI=1S/C12H19N3O3/c1-4-5-6-15(3)12(18)14-9-7-8(2)13-10(9)11(16)17/h7,13H,4-6H2,1-3H3,(H,14,18)(H,16,17). The average molecular weight is 253 g/mol. The molecule has 0 atom stereocenters. The molecule has 0 unspecified atom stereocenters. The van der Waals surface area contributed by atoms with E-state index in [0.29, 0.717) is 17.9 Å². The van der Waals surface area contributed by atoms with Crippen LogP contribution in [0.3, 0.4) is 0 Å². The van der Waals surface area contributed by atoms with Gasteiger partial charge in [-0.2, -0.15) is 0 Å².